The van der Waals surface area contributed by atoms with E-state index in [2.05, 4.69) is 24.1 Å². The summed E-state index contributed by atoms with van der Waals surface area (Å²) in [6.45, 7) is 8.90. The van der Waals surface area contributed by atoms with Crippen molar-refractivity contribution in [3.63, 3.8) is 0 Å². The van der Waals surface area contributed by atoms with Crippen molar-refractivity contribution in [3.05, 3.63) is 35.6 Å². The molecule has 0 bridgehead atoms. The van der Waals surface area contributed by atoms with E-state index < -0.39 is 0 Å². The molecule has 0 saturated carbocycles. The van der Waals surface area contributed by atoms with Crippen LogP contribution in [0.3, 0.4) is 0 Å². The maximum absolute atomic E-state index is 13.2. The van der Waals surface area contributed by atoms with Crippen LogP contribution < -0.4 is 5.32 Å². The third kappa shape index (κ3) is 4.56. The van der Waals surface area contributed by atoms with Crippen LogP contribution in [0.4, 0.5) is 4.39 Å². The molecule has 1 aromatic rings. The molecule has 1 N–H and O–H groups in total. The highest BCUT2D eigenvalue weighted by atomic mass is 19.1. The van der Waals surface area contributed by atoms with E-state index in [0.717, 1.165) is 38.4 Å². The van der Waals surface area contributed by atoms with E-state index in [0.29, 0.717) is 6.04 Å². The van der Waals surface area contributed by atoms with Gasteiger partial charge in [0.25, 0.3) is 0 Å². The molecule has 106 valence electrons. The zero-order valence-electron chi connectivity index (χ0n) is 11.7. The maximum atomic E-state index is 13.2. The molecule has 0 radical (unpaired) electrons. The van der Waals surface area contributed by atoms with Crippen molar-refractivity contribution in [3.8, 4) is 0 Å². The quantitative estimate of drug-likeness (QED) is 0.884. The average molecular weight is 266 g/mol. The van der Waals surface area contributed by atoms with Gasteiger partial charge in [0.1, 0.15) is 5.82 Å². The van der Waals surface area contributed by atoms with Gasteiger partial charge >= 0.3 is 0 Å². The van der Waals surface area contributed by atoms with Gasteiger partial charge in [0.05, 0.1) is 13.2 Å². The highest BCUT2D eigenvalue weighted by molar-refractivity contribution is 5.19. The molecule has 1 saturated heterocycles. The fourth-order valence-corrected chi connectivity index (χ4v) is 2.52. The van der Waals surface area contributed by atoms with Crippen molar-refractivity contribution in [2.24, 2.45) is 0 Å². The van der Waals surface area contributed by atoms with Crippen molar-refractivity contribution in [1.82, 2.24) is 10.2 Å². The summed E-state index contributed by atoms with van der Waals surface area (Å²) in [5, 5.41) is 3.52. The average Bonchev–Trinajstić information content (AvgIpc) is 2.39. The molecule has 1 aliphatic heterocycles. The van der Waals surface area contributed by atoms with Gasteiger partial charge in [-0.2, -0.15) is 0 Å². The van der Waals surface area contributed by atoms with Gasteiger partial charge < -0.3 is 10.1 Å². The van der Waals surface area contributed by atoms with Gasteiger partial charge in [0.15, 0.2) is 0 Å². The van der Waals surface area contributed by atoms with Crippen LogP contribution >= 0.6 is 0 Å². The first-order valence-electron chi connectivity index (χ1n) is 6.97. The number of nitrogens with one attached hydrogen (secondary N) is 1. The summed E-state index contributed by atoms with van der Waals surface area (Å²) in [5.41, 5.74) is 0.994. The zero-order valence-corrected chi connectivity index (χ0v) is 11.7. The van der Waals surface area contributed by atoms with E-state index in [9.17, 15) is 4.39 Å². The van der Waals surface area contributed by atoms with Crippen molar-refractivity contribution < 1.29 is 9.13 Å². The standard InChI is InChI=1S/C15H23FN2O/c1-12(11-18-6-8-19-9-7-18)17-13(2)14-4-3-5-15(16)10-14/h3-5,10,12-13,17H,6-9,11H2,1-2H3. The number of benzene rings is 1. The van der Waals surface area contributed by atoms with Crippen LogP contribution in [0.25, 0.3) is 0 Å². The predicted octanol–water partition coefficient (Wildman–Crippen LogP) is 2.20. The molecule has 0 aromatic heterocycles. The number of rotatable bonds is 5. The second-order valence-corrected chi connectivity index (χ2v) is 5.26. The van der Waals surface area contributed by atoms with Gasteiger partial charge in [-0.3, -0.25) is 4.90 Å². The molecule has 1 aromatic carbocycles. The molecule has 1 fully saturated rings. The topological polar surface area (TPSA) is 24.5 Å². The third-order valence-corrected chi connectivity index (χ3v) is 3.52. The minimum Gasteiger partial charge on any atom is -0.379 e. The fraction of sp³-hybridized carbons (Fsp3) is 0.600. The van der Waals surface area contributed by atoms with Gasteiger partial charge in [0.2, 0.25) is 0 Å². The van der Waals surface area contributed by atoms with Gasteiger partial charge in [-0.15, -0.1) is 0 Å². The van der Waals surface area contributed by atoms with Crippen LogP contribution in [0.1, 0.15) is 25.5 Å². The largest absolute Gasteiger partial charge is 0.379 e. The molecule has 3 nitrogen and oxygen atoms in total. The number of halogens is 1. The molecule has 4 heteroatoms. The SMILES string of the molecule is CC(CN1CCOCC1)NC(C)c1cccc(F)c1. The van der Waals surface area contributed by atoms with Crippen molar-refractivity contribution in [2.75, 3.05) is 32.8 Å². The minimum absolute atomic E-state index is 0.159. The highest BCUT2D eigenvalue weighted by Gasteiger charge is 2.15. The minimum atomic E-state index is -0.174. The highest BCUT2D eigenvalue weighted by Crippen LogP contribution is 2.14. The lowest BCUT2D eigenvalue weighted by molar-refractivity contribution is 0.0339. The van der Waals surface area contributed by atoms with Crippen molar-refractivity contribution >= 4 is 0 Å². The van der Waals surface area contributed by atoms with Crippen LogP contribution in [0.5, 0.6) is 0 Å². The van der Waals surface area contributed by atoms with E-state index in [4.69, 9.17) is 4.74 Å². The Hall–Kier alpha value is -0.970. The molecule has 19 heavy (non-hydrogen) atoms. The second kappa shape index (κ2) is 6.98. The van der Waals surface area contributed by atoms with Crippen LogP contribution in [-0.4, -0.2) is 43.8 Å². The van der Waals surface area contributed by atoms with E-state index in [1.165, 1.54) is 6.07 Å². The summed E-state index contributed by atoms with van der Waals surface area (Å²) in [6.07, 6.45) is 0. The first-order valence-corrected chi connectivity index (χ1v) is 6.97. The van der Waals surface area contributed by atoms with Crippen LogP contribution in [0.2, 0.25) is 0 Å². The normalized spacial score (nSPS) is 20.2. The number of ether oxygens (including phenoxy) is 1. The first-order chi connectivity index (χ1) is 9.15. The Morgan fingerprint density at radius 3 is 2.74 bits per heavy atom. The predicted molar refractivity (Wildman–Crippen MR) is 74.7 cm³/mol. The molecule has 2 atom stereocenters. The van der Waals surface area contributed by atoms with Crippen LogP contribution in [-0.2, 0) is 4.74 Å². The number of morpholine rings is 1. The lowest BCUT2D eigenvalue weighted by atomic mass is 10.1. The number of nitrogens with zero attached hydrogens (tertiary/aromatic N) is 1. The Morgan fingerprint density at radius 1 is 1.32 bits per heavy atom. The summed E-state index contributed by atoms with van der Waals surface area (Å²) in [5.74, 6) is -0.174. The Morgan fingerprint density at radius 2 is 2.05 bits per heavy atom. The number of hydrogen-bond donors (Lipinski definition) is 1. The third-order valence-electron chi connectivity index (χ3n) is 3.52. The van der Waals surface area contributed by atoms with Gasteiger partial charge in [0, 0.05) is 31.7 Å². The van der Waals surface area contributed by atoms with Crippen molar-refractivity contribution in [2.45, 2.75) is 25.9 Å². The monoisotopic (exact) mass is 266 g/mol. The van der Waals surface area contributed by atoms with Crippen LogP contribution in [0.15, 0.2) is 24.3 Å². The van der Waals surface area contributed by atoms with E-state index in [1.54, 1.807) is 12.1 Å². The van der Waals surface area contributed by atoms with Gasteiger partial charge in [-0.25, -0.2) is 4.39 Å². The van der Waals surface area contributed by atoms with Crippen molar-refractivity contribution in [1.29, 1.82) is 0 Å². The summed E-state index contributed by atoms with van der Waals surface area (Å²) < 4.78 is 18.5. The van der Waals surface area contributed by atoms with Gasteiger partial charge in [-0.1, -0.05) is 12.1 Å². The molecule has 2 unspecified atom stereocenters. The Labute approximate surface area is 114 Å². The lowest BCUT2D eigenvalue weighted by Gasteiger charge is -2.30. The summed E-state index contributed by atoms with van der Waals surface area (Å²) in [7, 11) is 0. The Balaban J connectivity index is 1.82. The van der Waals surface area contributed by atoms with E-state index >= 15 is 0 Å². The molecule has 0 spiro atoms. The molecular weight excluding hydrogens is 243 g/mol. The molecular formula is C15H23FN2O. The second-order valence-electron chi connectivity index (χ2n) is 5.26. The molecule has 0 aliphatic carbocycles. The molecule has 1 aliphatic rings. The summed E-state index contributed by atoms with van der Waals surface area (Å²) in [6, 6.07) is 7.33. The molecule has 1 heterocycles. The molecule has 0 amide bonds. The number of hydrogen-bond acceptors (Lipinski definition) is 3. The zero-order chi connectivity index (χ0) is 13.7. The Bertz CT molecular complexity index is 393. The lowest BCUT2D eigenvalue weighted by Crippen LogP contribution is -2.44. The van der Waals surface area contributed by atoms with E-state index in [-0.39, 0.29) is 11.9 Å². The van der Waals surface area contributed by atoms with Crippen LogP contribution in [0, 0.1) is 5.82 Å². The van der Waals surface area contributed by atoms with E-state index in [1.807, 2.05) is 6.07 Å². The van der Waals surface area contributed by atoms with Gasteiger partial charge in [-0.05, 0) is 31.5 Å². The summed E-state index contributed by atoms with van der Waals surface area (Å²) >= 11 is 0. The maximum Gasteiger partial charge on any atom is 0.123 e. The summed E-state index contributed by atoms with van der Waals surface area (Å²) in [4.78, 5) is 2.40. The fourth-order valence-electron chi connectivity index (χ4n) is 2.52. The smallest absolute Gasteiger partial charge is 0.123 e. The first kappa shape index (κ1) is 14.4. The molecule has 2 rings (SSSR count). The Kier molecular flexibility index (Phi) is 5.31.